The molecule has 2 atom stereocenters. The van der Waals surface area contributed by atoms with Crippen molar-refractivity contribution in [3.8, 4) is 0 Å². The number of piperazine rings is 1. The lowest BCUT2D eigenvalue weighted by atomic mass is 10.2. The number of carbonyl (C=O) groups is 1. The van der Waals surface area contributed by atoms with E-state index in [4.69, 9.17) is 5.73 Å². The highest BCUT2D eigenvalue weighted by atomic mass is 16.2. The zero-order valence-electron chi connectivity index (χ0n) is 6.05. The van der Waals surface area contributed by atoms with E-state index in [1.165, 1.54) is 0 Å². The molecular weight excluding hydrogens is 130 g/mol. The SMILES string of the molecule is CC1CNC(CN)C(=O)N1. The van der Waals surface area contributed by atoms with Crippen LogP contribution in [-0.2, 0) is 4.79 Å². The molecule has 2 unspecified atom stereocenters. The van der Waals surface area contributed by atoms with Gasteiger partial charge >= 0.3 is 0 Å². The van der Waals surface area contributed by atoms with Crippen LogP contribution in [0.1, 0.15) is 6.92 Å². The summed E-state index contributed by atoms with van der Waals surface area (Å²) in [5, 5.41) is 5.83. The smallest absolute Gasteiger partial charge is 0.238 e. The second-order valence-electron chi connectivity index (χ2n) is 2.61. The molecule has 0 spiro atoms. The second-order valence-corrected chi connectivity index (χ2v) is 2.61. The third kappa shape index (κ3) is 1.46. The standard InChI is InChI=1S/C6H13N3O/c1-4-3-8-5(2-7)6(10)9-4/h4-5,8H,2-3,7H2,1H3,(H,9,10). The van der Waals surface area contributed by atoms with Crippen molar-refractivity contribution in [2.45, 2.75) is 19.0 Å². The Labute approximate surface area is 60.2 Å². The van der Waals surface area contributed by atoms with E-state index >= 15 is 0 Å². The van der Waals surface area contributed by atoms with Crippen LogP contribution < -0.4 is 16.4 Å². The third-order valence-electron chi connectivity index (χ3n) is 1.61. The van der Waals surface area contributed by atoms with Gasteiger partial charge in [-0.2, -0.15) is 0 Å². The Morgan fingerprint density at radius 2 is 2.50 bits per heavy atom. The van der Waals surface area contributed by atoms with E-state index in [-0.39, 0.29) is 18.0 Å². The van der Waals surface area contributed by atoms with Crippen LogP contribution in [-0.4, -0.2) is 31.1 Å². The summed E-state index contributed by atoms with van der Waals surface area (Å²) in [4.78, 5) is 11.0. The van der Waals surface area contributed by atoms with Crippen LogP contribution in [0.15, 0.2) is 0 Å². The van der Waals surface area contributed by atoms with E-state index in [0.717, 1.165) is 6.54 Å². The largest absolute Gasteiger partial charge is 0.351 e. The number of nitrogens with two attached hydrogens (primary N) is 1. The van der Waals surface area contributed by atoms with E-state index in [1.54, 1.807) is 0 Å². The first-order chi connectivity index (χ1) is 4.74. The molecule has 1 aliphatic heterocycles. The summed E-state index contributed by atoms with van der Waals surface area (Å²) in [6, 6.07) is 0.0477. The lowest BCUT2D eigenvalue weighted by Gasteiger charge is -2.27. The maximum atomic E-state index is 11.0. The molecular formula is C6H13N3O. The molecule has 0 aromatic rings. The minimum absolute atomic E-state index is 0.0150. The molecule has 4 heteroatoms. The first-order valence-electron chi connectivity index (χ1n) is 3.48. The highest BCUT2D eigenvalue weighted by Gasteiger charge is 2.22. The van der Waals surface area contributed by atoms with Crippen molar-refractivity contribution in [3.63, 3.8) is 0 Å². The van der Waals surface area contributed by atoms with Crippen LogP contribution in [0.4, 0.5) is 0 Å². The van der Waals surface area contributed by atoms with Crippen molar-refractivity contribution >= 4 is 5.91 Å². The fourth-order valence-corrected chi connectivity index (χ4v) is 0.997. The van der Waals surface area contributed by atoms with Gasteiger partial charge in [-0.25, -0.2) is 0 Å². The minimum atomic E-state index is -0.184. The number of hydrogen-bond donors (Lipinski definition) is 3. The Balaban J connectivity index is 2.43. The van der Waals surface area contributed by atoms with Crippen LogP contribution in [0.25, 0.3) is 0 Å². The van der Waals surface area contributed by atoms with E-state index in [2.05, 4.69) is 10.6 Å². The summed E-state index contributed by atoms with van der Waals surface area (Å²) >= 11 is 0. The molecule has 0 aromatic heterocycles. The number of hydrogen-bond acceptors (Lipinski definition) is 3. The summed E-state index contributed by atoms with van der Waals surface area (Å²) in [6.07, 6.45) is 0. The van der Waals surface area contributed by atoms with E-state index in [1.807, 2.05) is 6.92 Å². The highest BCUT2D eigenvalue weighted by Crippen LogP contribution is 1.91. The number of amides is 1. The van der Waals surface area contributed by atoms with E-state index in [9.17, 15) is 4.79 Å². The molecule has 58 valence electrons. The number of nitrogens with one attached hydrogen (secondary N) is 2. The second kappa shape index (κ2) is 2.98. The zero-order valence-corrected chi connectivity index (χ0v) is 6.05. The molecule has 1 aliphatic rings. The van der Waals surface area contributed by atoms with E-state index in [0.29, 0.717) is 6.54 Å². The number of carbonyl (C=O) groups excluding carboxylic acids is 1. The summed E-state index contributed by atoms with van der Waals surface area (Å²) < 4.78 is 0. The Hall–Kier alpha value is -0.610. The fraction of sp³-hybridized carbons (Fsp3) is 0.833. The van der Waals surface area contributed by atoms with Gasteiger partial charge in [-0.3, -0.25) is 4.79 Å². The van der Waals surface area contributed by atoms with Crippen LogP contribution in [0.2, 0.25) is 0 Å². The van der Waals surface area contributed by atoms with Gasteiger partial charge in [0.05, 0.1) is 6.04 Å². The van der Waals surface area contributed by atoms with Crippen molar-refractivity contribution < 1.29 is 4.79 Å². The molecule has 1 amide bonds. The minimum Gasteiger partial charge on any atom is -0.351 e. The Morgan fingerprint density at radius 1 is 1.80 bits per heavy atom. The highest BCUT2D eigenvalue weighted by molar-refractivity contribution is 5.83. The van der Waals surface area contributed by atoms with Gasteiger partial charge in [-0.15, -0.1) is 0 Å². The van der Waals surface area contributed by atoms with Crippen LogP contribution in [0.3, 0.4) is 0 Å². The van der Waals surface area contributed by atoms with Gasteiger partial charge in [-0.05, 0) is 6.92 Å². The molecule has 1 saturated heterocycles. The van der Waals surface area contributed by atoms with Gasteiger partial charge in [0.1, 0.15) is 0 Å². The first kappa shape index (κ1) is 7.50. The molecule has 0 aromatic carbocycles. The summed E-state index contributed by atoms with van der Waals surface area (Å²) in [6.45, 7) is 3.14. The van der Waals surface area contributed by atoms with Crippen LogP contribution in [0, 0.1) is 0 Å². The third-order valence-corrected chi connectivity index (χ3v) is 1.61. The van der Waals surface area contributed by atoms with Crippen LogP contribution >= 0.6 is 0 Å². The zero-order chi connectivity index (χ0) is 7.56. The average Bonchev–Trinajstić information content (AvgIpc) is 1.88. The predicted molar refractivity (Wildman–Crippen MR) is 38.4 cm³/mol. The number of rotatable bonds is 1. The van der Waals surface area contributed by atoms with Gasteiger partial charge in [0, 0.05) is 19.1 Å². The lowest BCUT2D eigenvalue weighted by Crippen LogP contribution is -2.59. The maximum absolute atomic E-state index is 11.0. The molecule has 0 saturated carbocycles. The Bertz CT molecular complexity index is 137. The molecule has 1 rings (SSSR count). The van der Waals surface area contributed by atoms with Crippen LogP contribution in [0.5, 0.6) is 0 Å². The van der Waals surface area contributed by atoms with Crippen molar-refractivity contribution in [3.05, 3.63) is 0 Å². The fourth-order valence-electron chi connectivity index (χ4n) is 0.997. The molecule has 4 nitrogen and oxygen atoms in total. The average molecular weight is 143 g/mol. The van der Waals surface area contributed by atoms with Crippen molar-refractivity contribution in [1.82, 2.24) is 10.6 Å². The van der Waals surface area contributed by atoms with Gasteiger partial charge in [0.25, 0.3) is 0 Å². The van der Waals surface area contributed by atoms with Crippen molar-refractivity contribution in [2.75, 3.05) is 13.1 Å². The lowest BCUT2D eigenvalue weighted by molar-refractivity contribution is -0.124. The van der Waals surface area contributed by atoms with E-state index < -0.39 is 0 Å². The molecule has 0 radical (unpaired) electrons. The molecule has 1 heterocycles. The first-order valence-corrected chi connectivity index (χ1v) is 3.48. The summed E-state index contributed by atoms with van der Waals surface area (Å²) in [5.74, 6) is 0.0150. The predicted octanol–water partition coefficient (Wildman–Crippen LogP) is -1.58. The Morgan fingerprint density at radius 3 is 3.00 bits per heavy atom. The molecule has 4 N–H and O–H groups in total. The topological polar surface area (TPSA) is 67.1 Å². The molecule has 0 bridgehead atoms. The maximum Gasteiger partial charge on any atom is 0.238 e. The molecule has 10 heavy (non-hydrogen) atoms. The monoisotopic (exact) mass is 143 g/mol. The molecule has 1 fully saturated rings. The Kier molecular flexibility index (Phi) is 2.24. The molecule has 0 aliphatic carbocycles. The van der Waals surface area contributed by atoms with Gasteiger partial charge in [0.2, 0.25) is 5.91 Å². The van der Waals surface area contributed by atoms with Gasteiger partial charge in [0.15, 0.2) is 0 Å². The van der Waals surface area contributed by atoms with Gasteiger partial charge < -0.3 is 16.4 Å². The van der Waals surface area contributed by atoms with Crippen molar-refractivity contribution in [1.29, 1.82) is 0 Å². The van der Waals surface area contributed by atoms with Crippen molar-refractivity contribution in [2.24, 2.45) is 5.73 Å². The normalized spacial score (nSPS) is 33.6. The quantitative estimate of drug-likeness (QED) is 0.415. The summed E-state index contributed by atoms with van der Waals surface area (Å²) in [7, 11) is 0. The summed E-state index contributed by atoms with van der Waals surface area (Å²) in [5.41, 5.74) is 5.32. The van der Waals surface area contributed by atoms with Gasteiger partial charge in [-0.1, -0.05) is 0 Å².